The number of amides is 1. The zero-order valence-electron chi connectivity index (χ0n) is 23.0. The van der Waals surface area contributed by atoms with Crippen molar-refractivity contribution >= 4 is 27.0 Å². The van der Waals surface area contributed by atoms with Gasteiger partial charge in [-0.2, -0.15) is 0 Å². The zero-order valence-corrected chi connectivity index (χ0v) is 23.9. The van der Waals surface area contributed by atoms with Crippen LogP contribution >= 0.6 is 0 Å². The summed E-state index contributed by atoms with van der Waals surface area (Å²) in [6, 6.07) is 22.2. The molecule has 41 heavy (non-hydrogen) atoms. The second-order valence-corrected chi connectivity index (χ2v) is 12.6. The van der Waals surface area contributed by atoms with Crippen LogP contribution in [-0.2, 0) is 24.3 Å². The molecule has 1 aliphatic carbocycles. The van der Waals surface area contributed by atoms with Gasteiger partial charge in [-0.05, 0) is 69.4 Å². The van der Waals surface area contributed by atoms with Crippen LogP contribution in [0.2, 0.25) is 0 Å². The van der Waals surface area contributed by atoms with E-state index < -0.39 is 10.0 Å². The molecule has 4 aromatic rings. The highest BCUT2D eigenvalue weighted by Gasteiger charge is 2.30. The Labute approximate surface area is 239 Å². The molecule has 2 fully saturated rings. The largest absolute Gasteiger partial charge is 0.349 e. The van der Waals surface area contributed by atoms with E-state index in [1.165, 1.54) is 0 Å². The molecule has 0 spiro atoms. The lowest BCUT2D eigenvalue weighted by molar-refractivity contribution is -0.382. The second kappa shape index (κ2) is 11.4. The van der Waals surface area contributed by atoms with E-state index in [1.54, 1.807) is 18.2 Å². The Kier molecular flexibility index (Phi) is 7.65. The van der Waals surface area contributed by atoms with Gasteiger partial charge in [0.2, 0.25) is 15.9 Å². The number of ether oxygens (including phenoxy) is 2. The second-order valence-electron chi connectivity index (χ2n) is 10.9. The molecule has 1 amide bonds. The lowest BCUT2D eigenvalue weighted by Gasteiger charge is -2.34. The summed E-state index contributed by atoms with van der Waals surface area (Å²) < 4.78 is 40.6. The Bertz CT molecular complexity index is 1640. The molecule has 3 N–H and O–H groups in total. The first-order chi connectivity index (χ1) is 19.7. The highest BCUT2D eigenvalue weighted by Crippen LogP contribution is 2.33. The van der Waals surface area contributed by atoms with Gasteiger partial charge in [-0.1, -0.05) is 48.5 Å². The number of fused-ring (bicyclic) bond motifs is 1. The van der Waals surface area contributed by atoms with Crippen LogP contribution in [0, 0.1) is 5.92 Å². The Morgan fingerprint density at radius 1 is 0.976 bits per heavy atom. The molecule has 2 heterocycles. The van der Waals surface area contributed by atoms with E-state index >= 15 is 0 Å². The molecule has 1 aromatic heterocycles. The van der Waals surface area contributed by atoms with Crippen molar-refractivity contribution in [2.24, 2.45) is 5.92 Å². The maximum atomic E-state index is 13.3. The molecule has 1 atom stereocenters. The minimum atomic E-state index is -3.75. The average molecular weight is 575 g/mol. The van der Waals surface area contributed by atoms with E-state index in [0.29, 0.717) is 42.5 Å². The van der Waals surface area contributed by atoms with Gasteiger partial charge in [-0.25, -0.2) is 18.1 Å². The normalized spacial score (nSPS) is 23.6. The minimum Gasteiger partial charge on any atom is -0.349 e. The fraction of sp³-hybridized carbons (Fsp3) is 0.355. The van der Waals surface area contributed by atoms with Gasteiger partial charge in [-0.15, -0.1) is 0 Å². The topological polar surface area (TPSA) is 122 Å². The SMILES string of the molecule is CC1OC(c2cccc(-c3nc4ccc(S(=O)(=O)NC5CCC(C(=O)N[C@H](C)c6ccccc6)CC5)cc4[nH]3)c2)O1. The Hall–Kier alpha value is -3.57. The molecular formula is C31H34N4O5S. The maximum absolute atomic E-state index is 13.3. The quantitative estimate of drug-likeness (QED) is 0.261. The van der Waals surface area contributed by atoms with Gasteiger partial charge in [0.15, 0.2) is 12.6 Å². The molecule has 214 valence electrons. The number of sulfonamides is 1. The summed E-state index contributed by atoms with van der Waals surface area (Å²) >= 11 is 0. The number of rotatable bonds is 8. The third kappa shape index (κ3) is 6.06. The first-order valence-corrected chi connectivity index (χ1v) is 15.5. The number of carbonyl (C=O) groups excluding carboxylic acids is 1. The molecule has 9 nitrogen and oxygen atoms in total. The lowest BCUT2D eigenvalue weighted by atomic mass is 9.85. The predicted octanol–water partition coefficient (Wildman–Crippen LogP) is 5.34. The summed E-state index contributed by atoms with van der Waals surface area (Å²) in [6.45, 7) is 3.82. The van der Waals surface area contributed by atoms with Crippen molar-refractivity contribution in [1.29, 1.82) is 0 Å². The number of H-pyrrole nitrogens is 1. The first kappa shape index (κ1) is 27.6. The fourth-order valence-electron chi connectivity index (χ4n) is 5.56. The number of carbonyl (C=O) groups is 1. The van der Waals surface area contributed by atoms with Gasteiger partial charge >= 0.3 is 0 Å². The van der Waals surface area contributed by atoms with Gasteiger partial charge < -0.3 is 19.8 Å². The molecule has 0 radical (unpaired) electrons. The highest BCUT2D eigenvalue weighted by atomic mass is 32.2. The van der Waals surface area contributed by atoms with Crippen molar-refractivity contribution in [3.63, 3.8) is 0 Å². The Balaban J connectivity index is 1.08. The molecule has 0 bridgehead atoms. The van der Waals surface area contributed by atoms with Crippen molar-refractivity contribution < 1.29 is 22.7 Å². The molecule has 10 heteroatoms. The molecule has 6 rings (SSSR count). The van der Waals surface area contributed by atoms with Crippen LogP contribution in [0.3, 0.4) is 0 Å². The monoisotopic (exact) mass is 574 g/mol. The lowest BCUT2D eigenvalue weighted by Crippen LogP contribution is -2.41. The smallest absolute Gasteiger partial charge is 0.240 e. The van der Waals surface area contributed by atoms with Crippen molar-refractivity contribution in [2.75, 3.05) is 0 Å². The van der Waals surface area contributed by atoms with Crippen LogP contribution in [-0.4, -0.2) is 36.6 Å². The van der Waals surface area contributed by atoms with E-state index in [1.807, 2.05) is 68.4 Å². The number of imidazole rings is 1. The standard InChI is InChI=1S/C31H34N4O5S/c1-19(21-7-4-3-5-8-21)32-30(36)22-11-13-25(14-12-22)35-41(37,38)26-15-16-27-28(18-26)34-29(33-27)23-9-6-10-24(17-23)31-39-20(2)40-31/h3-10,15-20,22,25,31,35H,11-14H2,1-2H3,(H,32,36)(H,33,34)/t19-,20?,22?,25?,31?/m1/s1. The maximum Gasteiger partial charge on any atom is 0.240 e. The fourth-order valence-corrected chi connectivity index (χ4v) is 6.89. The summed E-state index contributed by atoms with van der Waals surface area (Å²) in [5.41, 5.74) is 4.11. The molecule has 1 saturated carbocycles. The number of aromatic amines is 1. The third-order valence-corrected chi connectivity index (χ3v) is 9.42. The Morgan fingerprint density at radius 3 is 2.46 bits per heavy atom. The zero-order chi connectivity index (χ0) is 28.6. The number of hydrogen-bond donors (Lipinski definition) is 3. The summed E-state index contributed by atoms with van der Waals surface area (Å²) in [5.74, 6) is 0.539. The van der Waals surface area contributed by atoms with Crippen LogP contribution in [0.15, 0.2) is 77.7 Å². The summed E-state index contributed by atoms with van der Waals surface area (Å²) in [7, 11) is -3.75. The van der Waals surface area contributed by atoms with Crippen LogP contribution < -0.4 is 10.0 Å². The first-order valence-electron chi connectivity index (χ1n) is 14.0. The number of nitrogens with one attached hydrogen (secondary N) is 3. The summed E-state index contributed by atoms with van der Waals surface area (Å²) in [6.07, 6.45) is 1.89. The van der Waals surface area contributed by atoms with Crippen molar-refractivity contribution in [1.82, 2.24) is 20.0 Å². The van der Waals surface area contributed by atoms with Gasteiger partial charge in [0.1, 0.15) is 5.82 Å². The van der Waals surface area contributed by atoms with E-state index in [-0.39, 0.29) is 41.4 Å². The van der Waals surface area contributed by atoms with E-state index in [9.17, 15) is 13.2 Å². The molecule has 2 aliphatic rings. The number of benzene rings is 3. The van der Waals surface area contributed by atoms with Gasteiger partial charge in [0.05, 0.1) is 22.0 Å². The highest BCUT2D eigenvalue weighted by molar-refractivity contribution is 7.89. The predicted molar refractivity (Wildman–Crippen MR) is 155 cm³/mol. The van der Waals surface area contributed by atoms with Crippen molar-refractivity contribution in [3.05, 3.63) is 83.9 Å². The number of aromatic nitrogens is 2. The van der Waals surface area contributed by atoms with Gasteiger partial charge in [0, 0.05) is 23.1 Å². The summed E-state index contributed by atoms with van der Waals surface area (Å²) in [4.78, 5) is 20.9. The molecule has 0 unspecified atom stereocenters. The summed E-state index contributed by atoms with van der Waals surface area (Å²) in [5, 5.41) is 3.10. The van der Waals surface area contributed by atoms with Crippen molar-refractivity contribution in [3.8, 4) is 11.4 Å². The van der Waals surface area contributed by atoms with Gasteiger partial charge in [-0.3, -0.25) is 4.79 Å². The average Bonchev–Trinajstić information content (AvgIpc) is 3.40. The molecular weight excluding hydrogens is 540 g/mol. The van der Waals surface area contributed by atoms with Gasteiger partial charge in [0.25, 0.3) is 0 Å². The van der Waals surface area contributed by atoms with Crippen LogP contribution in [0.4, 0.5) is 0 Å². The van der Waals surface area contributed by atoms with Crippen LogP contribution in [0.1, 0.15) is 63.0 Å². The molecule has 3 aromatic carbocycles. The molecule has 1 aliphatic heterocycles. The molecule has 1 saturated heterocycles. The minimum absolute atomic E-state index is 0.0241. The van der Waals surface area contributed by atoms with E-state index in [4.69, 9.17) is 9.47 Å². The number of hydrogen-bond acceptors (Lipinski definition) is 6. The Morgan fingerprint density at radius 2 is 1.73 bits per heavy atom. The van der Waals surface area contributed by atoms with E-state index in [0.717, 1.165) is 16.7 Å². The van der Waals surface area contributed by atoms with E-state index in [2.05, 4.69) is 20.0 Å². The van der Waals surface area contributed by atoms with Crippen LogP contribution in [0.25, 0.3) is 22.4 Å². The number of nitrogens with zero attached hydrogens (tertiary/aromatic N) is 1. The third-order valence-electron chi connectivity index (χ3n) is 7.90. The van der Waals surface area contributed by atoms with Crippen LogP contribution in [0.5, 0.6) is 0 Å². The van der Waals surface area contributed by atoms with Crippen molar-refractivity contribution in [2.45, 2.75) is 69.1 Å².